The van der Waals surface area contributed by atoms with Gasteiger partial charge in [0, 0.05) is 24.6 Å². The first-order valence-electron chi connectivity index (χ1n) is 11.0. The van der Waals surface area contributed by atoms with E-state index in [2.05, 4.69) is 0 Å². The van der Waals surface area contributed by atoms with Gasteiger partial charge in [0.15, 0.2) is 0 Å². The first-order chi connectivity index (χ1) is 15.5. The molecule has 3 aromatic rings. The Morgan fingerprint density at radius 1 is 1.28 bits per heavy atom. The molecule has 1 atom stereocenters. The number of fused-ring (bicyclic) bond motifs is 1. The summed E-state index contributed by atoms with van der Waals surface area (Å²) in [6, 6.07) is 12.4. The maximum absolute atomic E-state index is 13.7. The molecule has 2 aromatic carbocycles. The molecule has 0 bridgehead atoms. The second-order valence-corrected chi connectivity index (χ2v) is 8.72. The Bertz CT molecular complexity index is 1200. The number of hydrogen-bond donors (Lipinski definition) is 0. The van der Waals surface area contributed by atoms with Crippen LogP contribution in [0.1, 0.15) is 43.6 Å². The summed E-state index contributed by atoms with van der Waals surface area (Å²) in [5, 5.41) is 1.14. The van der Waals surface area contributed by atoms with E-state index in [4.69, 9.17) is 21.3 Å². The molecular formula is C25H28ClN3O3. The number of aryl methyl sites for hydroxylation is 1. The number of ether oxygens (including phenoxy) is 1. The van der Waals surface area contributed by atoms with E-state index in [0.717, 1.165) is 24.1 Å². The topological polar surface area (TPSA) is 64.4 Å². The minimum Gasteiger partial charge on any atom is -0.383 e. The monoisotopic (exact) mass is 453 g/mol. The van der Waals surface area contributed by atoms with Crippen molar-refractivity contribution in [2.24, 2.45) is 5.92 Å². The molecule has 1 aromatic heterocycles. The number of para-hydroxylation sites is 1. The highest BCUT2D eigenvalue weighted by atomic mass is 35.5. The van der Waals surface area contributed by atoms with Crippen molar-refractivity contribution in [2.75, 3.05) is 20.3 Å². The lowest BCUT2D eigenvalue weighted by Gasteiger charge is -2.32. The number of carbonyl (C=O) groups is 1. The first kappa shape index (κ1) is 22.5. The van der Waals surface area contributed by atoms with Crippen LogP contribution in [-0.4, -0.2) is 40.6 Å². The third kappa shape index (κ3) is 4.30. The van der Waals surface area contributed by atoms with Gasteiger partial charge in [0.05, 0.1) is 29.2 Å². The Hall–Kier alpha value is -2.70. The van der Waals surface area contributed by atoms with Gasteiger partial charge in [-0.05, 0) is 62.1 Å². The van der Waals surface area contributed by atoms with E-state index in [1.807, 2.05) is 49.1 Å². The van der Waals surface area contributed by atoms with Gasteiger partial charge in [0.25, 0.3) is 5.56 Å². The van der Waals surface area contributed by atoms with Gasteiger partial charge in [-0.3, -0.25) is 14.2 Å². The van der Waals surface area contributed by atoms with Crippen LogP contribution in [0, 0.1) is 12.8 Å². The number of halogens is 1. The van der Waals surface area contributed by atoms with E-state index in [1.54, 1.807) is 23.8 Å². The molecule has 1 saturated carbocycles. The van der Waals surface area contributed by atoms with Gasteiger partial charge >= 0.3 is 0 Å². The minimum atomic E-state index is -0.356. The van der Waals surface area contributed by atoms with Crippen molar-refractivity contribution in [1.82, 2.24) is 14.5 Å². The molecular weight excluding hydrogens is 426 g/mol. The lowest BCUT2D eigenvalue weighted by Crippen LogP contribution is -2.41. The molecule has 1 aliphatic rings. The summed E-state index contributed by atoms with van der Waals surface area (Å²) in [5.41, 5.74) is 2.06. The van der Waals surface area contributed by atoms with Gasteiger partial charge in [-0.15, -0.1) is 0 Å². The van der Waals surface area contributed by atoms with E-state index in [-0.39, 0.29) is 23.4 Å². The maximum Gasteiger partial charge on any atom is 0.266 e. The fourth-order valence-corrected chi connectivity index (χ4v) is 4.42. The molecule has 7 heteroatoms. The molecule has 1 fully saturated rings. The van der Waals surface area contributed by atoms with Gasteiger partial charge in [-0.25, -0.2) is 4.98 Å². The summed E-state index contributed by atoms with van der Waals surface area (Å²) in [6.45, 7) is 4.82. The van der Waals surface area contributed by atoms with Crippen LogP contribution in [0.5, 0.6) is 0 Å². The lowest BCUT2D eigenvalue weighted by atomic mass is 10.1. The summed E-state index contributed by atoms with van der Waals surface area (Å²) < 4.78 is 6.95. The molecule has 168 valence electrons. The third-order valence-corrected chi connectivity index (χ3v) is 6.24. The van der Waals surface area contributed by atoms with E-state index in [1.165, 1.54) is 0 Å². The number of amides is 1. The van der Waals surface area contributed by atoms with Gasteiger partial charge in [0.2, 0.25) is 5.91 Å². The summed E-state index contributed by atoms with van der Waals surface area (Å²) in [4.78, 5) is 33.7. The second-order valence-electron chi connectivity index (χ2n) is 8.28. The van der Waals surface area contributed by atoms with Gasteiger partial charge in [-0.1, -0.05) is 30.7 Å². The third-order valence-electron chi connectivity index (χ3n) is 6.01. The molecule has 1 aliphatic carbocycles. The molecule has 4 rings (SSSR count). The predicted molar refractivity (Wildman–Crippen MR) is 126 cm³/mol. The Balaban J connectivity index is 1.96. The fraction of sp³-hybridized carbons (Fsp3) is 0.400. The van der Waals surface area contributed by atoms with Crippen molar-refractivity contribution in [2.45, 2.75) is 39.2 Å². The highest BCUT2D eigenvalue weighted by molar-refractivity contribution is 6.30. The number of nitrogens with zero attached hydrogens (tertiary/aromatic N) is 3. The first-order valence-corrected chi connectivity index (χ1v) is 11.4. The zero-order valence-corrected chi connectivity index (χ0v) is 19.4. The SMILES string of the molecule is CCC(c1nc2ccccc2c(=O)n1-c1ccc(Cl)cc1C)N(CCOC)C(=O)C1CC1. The maximum atomic E-state index is 13.7. The Kier molecular flexibility index (Phi) is 6.63. The van der Waals surface area contributed by atoms with Crippen molar-refractivity contribution >= 4 is 28.4 Å². The van der Waals surface area contributed by atoms with Crippen LogP contribution in [-0.2, 0) is 9.53 Å². The Morgan fingerprint density at radius 3 is 2.69 bits per heavy atom. The van der Waals surface area contributed by atoms with E-state index >= 15 is 0 Å². The summed E-state index contributed by atoms with van der Waals surface area (Å²) in [6.07, 6.45) is 2.44. The van der Waals surface area contributed by atoms with Crippen LogP contribution in [0.15, 0.2) is 47.3 Å². The van der Waals surface area contributed by atoms with Crippen LogP contribution in [0.25, 0.3) is 16.6 Å². The molecule has 1 heterocycles. The second kappa shape index (κ2) is 9.43. The van der Waals surface area contributed by atoms with Crippen molar-refractivity contribution < 1.29 is 9.53 Å². The molecule has 1 unspecified atom stereocenters. The predicted octanol–water partition coefficient (Wildman–Crippen LogP) is 4.68. The largest absolute Gasteiger partial charge is 0.383 e. The molecule has 6 nitrogen and oxygen atoms in total. The quantitative estimate of drug-likeness (QED) is 0.496. The van der Waals surface area contributed by atoms with Crippen LogP contribution in [0.4, 0.5) is 0 Å². The fourth-order valence-electron chi connectivity index (χ4n) is 4.19. The number of benzene rings is 2. The molecule has 32 heavy (non-hydrogen) atoms. The number of rotatable bonds is 8. The normalized spacial score (nSPS) is 14.5. The van der Waals surface area contributed by atoms with Crippen LogP contribution < -0.4 is 5.56 Å². The molecule has 0 N–H and O–H groups in total. The van der Waals surface area contributed by atoms with Crippen molar-refractivity contribution in [3.8, 4) is 5.69 Å². The van der Waals surface area contributed by atoms with Crippen molar-refractivity contribution in [3.05, 3.63) is 69.2 Å². The van der Waals surface area contributed by atoms with Crippen LogP contribution in [0.2, 0.25) is 5.02 Å². The van der Waals surface area contributed by atoms with Crippen molar-refractivity contribution in [1.29, 1.82) is 0 Å². The van der Waals surface area contributed by atoms with Gasteiger partial charge in [0.1, 0.15) is 5.82 Å². The zero-order valence-electron chi connectivity index (χ0n) is 18.7. The molecule has 0 radical (unpaired) electrons. The number of carbonyl (C=O) groups excluding carboxylic acids is 1. The standard InChI is InChI=1S/C25H28ClN3O3/c1-4-21(28(13-14-32-3)24(30)17-9-10-17)23-27-20-8-6-5-7-19(20)25(31)29(23)22-12-11-18(26)15-16(22)2/h5-8,11-12,15,17,21H,4,9-10,13-14H2,1-3H3. The average Bonchev–Trinajstić information content (AvgIpc) is 3.63. The summed E-state index contributed by atoms with van der Waals surface area (Å²) >= 11 is 6.19. The van der Waals surface area contributed by atoms with Crippen LogP contribution >= 0.6 is 11.6 Å². The molecule has 0 spiro atoms. The van der Waals surface area contributed by atoms with Crippen molar-refractivity contribution in [3.63, 3.8) is 0 Å². The highest BCUT2D eigenvalue weighted by Gasteiger charge is 2.37. The van der Waals surface area contributed by atoms with Crippen LogP contribution in [0.3, 0.4) is 0 Å². The highest BCUT2D eigenvalue weighted by Crippen LogP contribution is 2.35. The summed E-state index contributed by atoms with van der Waals surface area (Å²) in [7, 11) is 1.63. The molecule has 0 aliphatic heterocycles. The molecule has 0 saturated heterocycles. The smallest absolute Gasteiger partial charge is 0.266 e. The summed E-state index contributed by atoms with van der Waals surface area (Å²) in [5.74, 6) is 0.723. The Labute approximate surface area is 192 Å². The molecule has 1 amide bonds. The van der Waals surface area contributed by atoms with Gasteiger partial charge < -0.3 is 9.64 Å². The van der Waals surface area contributed by atoms with E-state index in [9.17, 15) is 9.59 Å². The zero-order chi connectivity index (χ0) is 22.8. The number of methoxy groups -OCH3 is 1. The van der Waals surface area contributed by atoms with E-state index < -0.39 is 0 Å². The van der Waals surface area contributed by atoms with E-state index in [0.29, 0.717) is 41.3 Å². The van der Waals surface area contributed by atoms with Gasteiger partial charge in [-0.2, -0.15) is 0 Å². The minimum absolute atomic E-state index is 0.0544. The number of aromatic nitrogens is 2. The lowest BCUT2D eigenvalue weighted by molar-refractivity contribution is -0.136. The average molecular weight is 454 g/mol. The Morgan fingerprint density at radius 2 is 2.03 bits per heavy atom. The number of hydrogen-bond acceptors (Lipinski definition) is 4.